The summed E-state index contributed by atoms with van der Waals surface area (Å²) in [5.74, 6) is -0.248. The van der Waals surface area contributed by atoms with Crippen LogP contribution in [0, 0.1) is 0 Å². The fourth-order valence-corrected chi connectivity index (χ4v) is 2.86. The molecule has 0 aliphatic carbocycles. The van der Waals surface area contributed by atoms with Crippen LogP contribution >= 0.6 is 11.8 Å². The summed E-state index contributed by atoms with van der Waals surface area (Å²) in [6.07, 6.45) is 3.91. The first-order chi connectivity index (χ1) is 11.5. The van der Waals surface area contributed by atoms with Crippen molar-refractivity contribution in [3.8, 4) is 5.75 Å². The molecule has 1 saturated heterocycles. The fourth-order valence-electron chi connectivity index (χ4n) is 2.04. The second kappa shape index (κ2) is 7.83. The molecule has 0 radical (unpaired) electrons. The van der Waals surface area contributed by atoms with Crippen molar-refractivity contribution in [3.63, 3.8) is 0 Å². The third-order valence-corrected chi connectivity index (χ3v) is 4.27. The Morgan fingerprint density at radius 3 is 2.71 bits per heavy atom. The van der Waals surface area contributed by atoms with E-state index in [9.17, 15) is 14.4 Å². The van der Waals surface area contributed by atoms with Crippen LogP contribution in [-0.2, 0) is 20.7 Å². The van der Waals surface area contributed by atoms with Crippen molar-refractivity contribution in [1.29, 1.82) is 0 Å². The van der Waals surface area contributed by atoms with E-state index >= 15 is 0 Å². The van der Waals surface area contributed by atoms with E-state index in [2.05, 4.69) is 11.3 Å². The number of amides is 2. The van der Waals surface area contributed by atoms with Gasteiger partial charge in [0.2, 0.25) is 0 Å². The van der Waals surface area contributed by atoms with Crippen LogP contribution in [0.25, 0.3) is 6.08 Å². The van der Waals surface area contributed by atoms with Crippen molar-refractivity contribution in [2.45, 2.75) is 6.42 Å². The van der Waals surface area contributed by atoms with Gasteiger partial charge in [-0.1, -0.05) is 12.1 Å². The highest BCUT2D eigenvalue weighted by Crippen LogP contribution is 2.32. The maximum absolute atomic E-state index is 11.9. The van der Waals surface area contributed by atoms with Crippen LogP contribution < -0.4 is 4.74 Å². The molecule has 7 heteroatoms. The summed E-state index contributed by atoms with van der Waals surface area (Å²) >= 11 is 0.903. The molecule has 1 aromatic carbocycles. The number of hydrogen-bond donors (Lipinski definition) is 0. The predicted molar refractivity (Wildman–Crippen MR) is 91.6 cm³/mol. The minimum Gasteiger partial charge on any atom is -0.482 e. The zero-order chi connectivity index (χ0) is 17.7. The Hall–Kier alpha value is -2.54. The fraction of sp³-hybridized carbons (Fsp3) is 0.235. The van der Waals surface area contributed by atoms with Crippen LogP contribution in [-0.4, -0.2) is 42.8 Å². The molecular formula is C17H17NO5S. The van der Waals surface area contributed by atoms with Crippen LogP contribution in [0.15, 0.2) is 35.8 Å². The lowest BCUT2D eigenvalue weighted by atomic mass is 10.1. The molecule has 2 rings (SSSR count). The van der Waals surface area contributed by atoms with E-state index in [1.165, 1.54) is 14.2 Å². The topological polar surface area (TPSA) is 72.9 Å². The van der Waals surface area contributed by atoms with Gasteiger partial charge < -0.3 is 9.47 Å². The SMILES string of the molecule is C=CCc1cc(/C=C2\SC(=O)N(C)C2=O)ccc1OCC(=O)OC. The van der Waals surface area contributed by atoms with Crippen LogP contribution in [0.2, 0.25) is 0 Å². The monoisotopic (exact) mass is 347 g/mol. The smallest absolute Gasteiger partial charge is 0.343 e. The Bertz CT molecular complexity index is 726. The Labute approximate surface area is 144 Å². The zero-order valence-corrected chi connectivity index (χ0v) is 14.2. The highest BCUT2D eigenvalue weighted by Gasteiger charge is 2.31. The van der Waals surface area contributed by atoms with Crippen LogP contribution in [0.4, 0.5) is 4.79 Å². The first-order valence-electron chi connectivity index (χ1n) is 7.11. The van der Waals surface area contributed by atoms with Crippen molar-refractivity contribution < 1.29 is 23.9 Å². The molecule has 1 aliphatic rings. The van der Waals surface area contributed by atoms with E-state index in [0.29, 0.717) is 17.1 Å². The lowest BCUT2D eigenvalue weighted by Gasteiger charge is -2.10. The molecule has 0 atom stereocenters. The molecular weight excluding hydrogens is 330 g/mol. The van der Waals surface area contributed by atoms with Gasteiger partial charge >= 0.3 is 5.97 Å². The number of hydrogen-bond acceptors (Lipinski definition) is 6. The summed E-state index contributed by atoms with van der Waals surface area (Å²) in [4.78, 5) is 36.1. The molecule has 1 aliphatic heterocycles. The Kier molecular flexibility index (Phi) is 5.81. The number of allylic oxidation sites excluding steroid dienone is 1. The quantitative estimate of drug-likeness (QED) is 0.447. The molecule has 0 unspecified atom stereocenters. The van der Waals surface area contributed by atoms with Gasteiger partial charge in [0, 0.05) is 7.05 Å². The third kappa shape index (κ3) is 4.05. The molecule has 1 fully saturated rings. The van der Waals surface area contributed by atoms with Crippen LogP contribution in [0.5, 0.6) is 5.75 Å². The number of likely N-dealkylation sites (N-methyl/N-ethyl adjacent to an activating group) is 1. The number of esters is 1. The summed E-state index contributed by atoms with van der Waals surface area (Å²) < 4.78 is 9.99. The molecule has 0 spiro atoms. The maximum Gasteiger partial charge on any atom is 0.343 e. The van der Waals surface area contributed by atoms with E-state index in [0.717, 1.165) is 27.8 Å². The summed E-state index contributed by atoms with van der Waals surface area (Å²) in [5, 5.41) is -0.296. The lowest BCUT2D eigenvalue weighted by molar-refractivity contribution is -0.142. The average molecular weight is 347 g/mol. The highest BCUT2D eigenvalue weighted by molar-refractivity contribution is 8.18. The molecule has 1 aromatic rings. The molecule has 0 N–H and O–H groups in total. The number of thioether (sulfide) groups is 1. The Morgan fingerprint density at radius 2 is 2.12 bits per heavy atom. The molecule has 24 heavy (non-hydrogen) atoms. The maximum atomic E-state index is 11.9. The summed E-state index contributed by atoms with van der Waals surface area (Å²) in [6.45, 7) is 3.52. The number of nitrogens with zero attached hydrogens (tertiary/aromatic N) is 1. The summed E-state index contributed by atoms with van der Waals surface area (Å²) in [7, 11) is 2.74. The van der Waals surface area contributed by atoms with Gasteiger partial charge in [0.25, 0.3) is 11.1 Å². The number of methoxy groups -OCH3 is 1. The third-order valence-electron chi connectivity index (χ3n) is 3.31. The molecule has 2 amide bonds. The molecule has 6 nitrogen and oxygen atoms in total. The van der Waals surface area contributed by atoms with Crippen molar-refractivity contribution in [3.05, 3.63) is 46.9 Å². The minimum atomic E-state index is -0.472. The van der Waals surface area contributed by atoms with Crippen LogP contribution in [0.3, 0.4) is 0 Å². The van der Waals surface area contributed by atoms with Crippen LogP contribution in [0.1, 0.15) is 11.1 Å². The van der Waals surface area contributed by atoms with Gasteiger partial charge in [0.15, 0.2) is 6.61 Å². The average Bonchev–Trinajstić information content (AvgIpc) is 2.81. The van der Waals surface area contributed by atoms with E-state index < -0.39 is 5.97 Å². The number of benzene rings is 1. The van der Waals surface area contributed by atoms with E-state index in [1.807, 2.05) is 6.07 Å². The number of ether oxygens (including phenoxy) is 2. The van der Waals surface area contributed by atoms with E-state index in [1.54, 1.807) is 24.3 Å². The summed E-state index contributed by atoms with van der Waals surface area (Å²) in [5.41, 5.74) is 1.58. The van der Waals surface area contributed by atoms with E-state index in [4.69, 9.17) is 4.74 Å². The van der Waals surface area contributed by atoms with Gasteiger partial charge in [-0.25, -0.2) is 4.79 Å². The molecule has 126 valence electrons. The number of carbonyl (C=O) groups is 3. The van der Waals surface area contributed by atoms with Gasteiger partial charge in [0.05, 0.1) is 12.0 Å². The highest BCUT2D eigenvalue weighted by atomic mass is 32.2. The lowest BCUT2D eigenvalue weighted by Crippen LogP contribution is -2.22. The number of rotatable bonds is 6. The Balaban J connectivity index is 2.25. The van der Waals surface area contributed by atoms with Crippen molar-refractivity contribution >= 4 is 35.0 Å². The molecule has 0 aromatic heterocycles. The van der Waals surface area contributed by atoms with Crippen molar-refractivity contribution in [1.82, 2.24) is 4.90 Å². The van der Waals surface area contributed by atoms with Gasteiger partial charge in [0.1, 0.15) is 5.75 Å². The van der Waals surface area contributed by atoms with Gasteiger partial charge in [-0.2, -0.15) is 0 Å². The Morgan fingerprint density at radius 1 is 1.38 bits per heavy atom. The molecule has 1 heterocycles. The largest absolute Gasteiger partial charge is 0.482 e. The minimum absolute atomic E-state index is 0.186. The van der Waals surface area contributed by atoms with Gasteiger partial charge in [-0.3, -0.25) is 14.5 Å². The number of carbonyl (C=O) groups excluding carboxylic acids is 3. The normalized spacial score (nSPS) is 15.8. The zero-order valence-electron chi connectivity index (χ0n) is 13.4. The standard InChI is InChI=1S/C17H17NO5S/c1-4-5-12-8-11(6-7-13(12)23-10-15(19)22-3)9-14-16(20)18(2)17(21)24-14/h4,6-9H,1,5,10H2,2-3H3/b14-9-. The van der Waals surface area contributed by atoms with Crippen molar-refractivity contribution in [2.75, 3.05) is 20.8 Å². The molecule has 0 bridgehead atoms. The van der Waals surface area contributed by atoms with E-state index in [-0.39, 0.29) is 17.8 Å². The number of imide groups is 1. The first-order valence-corrected chi connectivity index (χ1v) is 7.93. The first kappa shape index (κ1) is 17.8. The molecule has 0 saturated carbocycles. The van der Waals surface area contributed by atoms with Gasteiger partial charge in [-0.15, -0.1) is 6.58 Å². The second-order valence-corrected chi connectivity index (χ2v) is 5.96. The van der Waals surface area contributed by atoms with Crippen molar-refractivity contribution in [2.24, 2.45) is 0 Å². The van der Waals surface area contributed by atoms with Gasteiger partial charge in [-0.05, 0) is 47.5 Å². The predicted octanol–water partition coefficient (Wildman–Crippen LogP) is 2.63. The summed E-state index contributed by atoms with van der Waals surface area (Å²) in [6, 6.07) is 5.30. The second-order valence-electron chi connectivity index (χ2n) is 4.97.